The molecule has 2 fully saturated rings. The van der Waals surface area contributed by atoms with E-state index in [1.807, 2.05) is 29.2 Å². The Labute approximate surface area is 140 Å². The second-order valence-electron chi connectivity index (χ2n) is 6.56. The van der Waals surface area contributed by atoms with Crippen molar-refractivity contribution in [2.45, 2.75) is 31.6 Å². The van der Waals surface area contributed by atoms with Gasteiger partial charge in [-0.3, -0.25) is 4.79 Å². The van der Waals surface area contributed by atoms with E-state index in [-0.39, 0.29) is 5.92 Å². The van der Waals surface area contributed by atoms with Gasteiger partial charge in [-0.2, -0.15) is 4.98 Å². The van der Waals surface area contributed by atoms with Crippen LogP contribution in [0, 0.1) is 5.92 Å². The minimum absolute atomic E-state index is 0.236. The van der Waals surface area contributed by atoms with Crippen LogP contribution in [0.15, 0.2) is 28.8 Å². The van der Waals surface area contributed by atoms with E-state index in [4.69, 9.17) is 9.26 Å². The first kappa shape index (κ1) is 15.2. The van der Waals surface area contributed by atoms with Crippen LogP contribution in [0.1, 0.15) is 37.5 Å². The summed E-state index contributed by atoms with van der Waals surface area (Å²) in [6, 6.07) is 7.63. The molecule has 6 heteroatoms. The van der Waals surface area contributed by atoms with Gasteiger partial charge in [0.2, 0.25) is 17.6 Å². The second kappa shape index (κ2) is 6.26. The zero-order valence-corrected chi connectivity index (χ0v) is 13.8. The number of carbonyl (C=O) groups is 1. The van der Waals surface area contributed by atoms with Gasteiger partial charge >= 0.3 is 0 Å². The van der Waals surface area contributed by atoms with E-state index in [0.29, 0.717) is 23.5 Å². The van der Waals surface area contributed by atoms with Gasteiger partial charge < -0.3 is 14.2 Å². The van der Waals surface area contributed by atoms with Crippen LogP contribution in [-0.4, -0.2) is 41.1 Å². The summed E-state index contributed by atoms with van der Waals surface area (Å²) in [5.74, 6) is 2.89. The lowest BCUT2D eigenvalue weighted by molar-refractivity contribution is -0.133. The van der Waals surface area contributed by atoms with Crippen molar-refractivity contribution < 1.29 is 14.1 Å². The molecule has 4 rings (SSSR count). The lowest BCUT2D eigenvalue weighted by Gasteiger charge is -2.30. The Bertz CT molecular complexity index is 731. The molecule has 0 unspecified atom stereocenters. The average molecular weight is 327 g/mol. The van der Waals surface area contributed by atoms with E-state index in [0.717, 1.165) is 50.1 Å². The summed E-state index contributed by atoms with van der Waals surface area (Å²) in [6.45, 7) is 1.58. The second-order valence-corrected chi connectivity index (χ2v) is 6.56. The van der Waals surface area contributed by atoms with Gasteiger partial charge in [0.05, 0.1) is 7.11 Å². The number of hydrogen-bond acceptors (Lipinski definition) is 5. The standard InChI is InChI=1S/C18H21N3O3/c1-23-15-4-2-3-14(11-15)16-19-17(24-20-16)12-7-9-21(10-8-12)18(22)13-5-6-13/h2-4,11-13H,5-10H2,1H3. The van der Waals surface area contributed by atoms with Crippen molar-refractivity contribution in [3.05, 3.63) is 30.2 Å². The summed E-state index contributed by atoms with van der Waals surface area (Å²) in [7, 11) is 1.64. The van der Waals surface area contributed by atoms with E-state index >= 15 is 0 Å². The Morgan fingerprint density at radius 2 is 2.04 bits per heavy atom. The Morgan fingerprint density at radius 1 is 1.25 bits per heavy atom. The SMILES string of the molecule is COc1cccc(-c2noc(C3CCN(C(=O)C4CC4)CC3)n2)c1. The summed E-state index contributed by atoms with van der Waals surface area (Å²) in [4.78, 5) is 18.7. The van der Waals surface area contributed by atoms with Crippen LogP contribution in [0.2, 0.25) is 0 Å². The van der Waals surface area contributed by atoms with Crippen molar-refractivity contribution in [1.29, 1.82) is 0 Å². The normalized spacial score (nSPS) is 18.6. The highest BCUT2D eigenvalue weighted by atomic mass is 16.5. The number of carbonyl (C=O) groups excluding carboxylic acids is 1. The number of hydrogen-bond donors (Lipinski definition) is 0. The van der Waals surface area contributed by atoms with Gasteiger partial charge in [-0.1, -0.05) is 17.3 Å². The maximum Gasteiger partial charge on any atom is 0.230 e. The Morgan fingerprint density at radius 3 is 2.75 bits per heavy atom. The van der Waals surface area contributed by atoms with Crippen LogP contribution in [0.4, 0.5) is 0 Å². The first-order valence-corrected chi connectivity index (χ1v) is 8.51. The summed E-state index contributed by atoms with van der Waals surface area (Å²) in [5, 5.41) is 4.11. The Hall–Kier alpha value is -2.37. The van der Waals surface area contributed by atoms with Crippen LogP contribution in [0.25, 0.3) is 11.4 Å². The molecule has 1 aromatic carbocycles. The van der Waals surface area contributed by atoms with Gasteiger partial charge in [-0.25, -0.2) is 0 Å². The first-order chi connectivity index (χ1) is 11.7. The monoisotopic (exact) mass is 327 g/mol. The van der Waals surface area contributed by atoms with Crippen molar-refractivity contribution in [1.82, 2.24) is 15.0 Å². The number of nitrogens with zero attached hydrogens (tertiary/aromatic N) is 3. The van der Waals surface area contributed by atoms with Crippen molar-refractivity contribution in [3.8, 4) is 17.1 Å². The molecule has 1 saturated carbocycles. The Balaban J connectivity index is 1.42. The van der Waals surface area contributed by atoms with E-state index in [1.165, 1.54) is 0 Å². The fraction of sp³-hybridized carbons (Fsp3) is 0.500. The number of likely N-dealkylation sites (tertiary alicyclic amines) is 1. The number of ether oxygens (including phenoxy) is 1. The van der Waals surface area contributed by atoms with E-state index in [1.54, 1.807) is 7.11 Å². The number of amides is 1. The molecule has 1 aliphatic carbocycles. The van der Waals surface area contributed by atoms with Crippen LogP contribution in [0.3, 0.4) is 0 Å². The minimum Gasteiger partial charge on any atom is -0.497 e. The molecule has 24 heavy (non-hydrogen) atoms. The highest BCUT2D eigenvalue weighted by Crippen LogP contribution is 2.34. The van der Waals surface area contributed by atoms with E-state index < -0.39 is 0 Å². The number of piperidine rings is 1. The average Bonchev–Trinajstić information content (AvgIpc) is 3.38. The van der Waals surface area contributed by atoms with Crippen molar-refractivity contribution in [2.75, 3.05) is 20.2 Å². The van der Waals surface area contributed by atoms with Gasteiger partial charge in [-0.15, -0.1) is 0 Å². The highest BCUT2D eigenvalue weighted by molar-refractivity contribution is 5.81. The minimum atomic E-state index is 0.236. The topological polar surface area (TPSA) is 68.5 Å². The molecule has 0 atom stereocenters. The van der Waals surface area contributed by atoms with Crippen LogP contribution < -0.4 is 4.74 Å². The molecule has 1 amide bonds. The fourth-order valence-corrected chi connectivity index (χ4v) is 3.22. The highest BCUT2D eigenvalue weighted by Gasteiger charge is 2.35. The molecular weight excluding hydrogens is 306 g/mol. The summed E-state index contributed by atoms with van der Waals surface area (Å²) >= 11 is 0. The van der Waals surface area contributed by atoms with Crippen LogP contribution in [-0.2, 0) is 4.79 Å². The largest absolute Gasteiger partial charge is 0.497 e. The Kier molecular flexibility index (Phi) is 3.96. The van der Waals surface area contributed by atoms with Gasteiger partial charge in [-0.05, 0) is 37.8 Å². The summed E-state index contributed by atoms with van der Waals surface area (Å²) in [6.07, 6.45) is 3.90. The smallest absolute Gasteiger partial charge is 0.230 e. The lowest BCUT2D eigenvalue weighted by Crippen LogP contribution is -2.38. The zero-order valence-electron chi connectivity index (χ0n) is 13.8. The number of methoxy groups -OCH3 is 1. The molecule has 2 heterocycles. The molecule has 6 nitrogen and oxygen atoms in total. The maximum atomic E-state index is 12.1. The first-order valence-electron chi connectivity index (χ1n) is 8.51. The van der Waals surface area contributed by atoms with Crippen molar-refractivity contribution in [2.24, 2.45) is 5.92 Å². The third-order valence-corrected chi connectivity index (χ3v) is 4.85. The number of rotatable bonds is 4. The van der Waals surface area contributed by atoms with Crippen molar-refractivity contribution >= 4 is 5.91 Å². The van der Waals surface area contributed by atoms with Gasteiger partial charge in [0.25, 0.3) is 0 Å². The molecule has 2 aromatic rings. The van der Waals surface area contributed by atoms with Gasteiger partial charge in [0.1, 0.15) is 5.75 Å². The third-order valence-electron chi connectivity index (χ3n) is 4.85. The predicted molar refractivity (Wildman–Crippen MR) is 87.6 cm³/mol. The number of benzene rings is 1. The van der Waals surface area contributed by atoms with Gasteiger partial charge in [0, 0.05) is 30.5 Å². The lowest BCUT2D eigenvalue weighted by atomic mass is 9.96. The molecule has 0 N–H and O–H groups in total. The molecule has 126 valence electrons. The summed E-state index contributed by atoms with van der Waals surface area (Å²) in [5.41, 5.74) is 0.880. The third kappa shape index (κ3) is 3.00. The van der Waals surface area contributed by atoms with Crippen LogP contribution >= 0.6 is 0 Å². The molecule has 0 bridgehead atoms. The van der Waals surface area contributed by atoms with E-state index in [9.17, 15) is 4.79 Å². The maximum absolute atomic E-state index is 12.1. The fourth-order valence-electron chi connectivity index (χ4n) is 3.22. The van der Waals surface area contributed by atoms with Crippen molar-refractivity contribution in [3.63, 3.8) is 0 Å². The molecule has 1 saturated heterocycles. The molecule has 2 aliphatic rings. The molecular formula is C18H21N3O3. The zero-order chi connectivity index (χ0) is 16.5. The molecule has 1 aliphatic heterocycles. The summed E-state index contributed by atoms with van der Waals surface area (Å²) < 4.78 is 10.7. The molecule has 0 radical (unpaired) electrons. The number of aromatic nitrogens is 2. The molecule has 0 spiro atoms. The van der Waals surface area contributed by atoms with E-state index in [2.05, 4.69) is 10.1 Å². The van der Waals surface area contributed by atoms with Crippen LogP contribution in [0.5, 0.6) is 5.75 Å². The quantitative estimate of drug-likeness (QED) is 0.864. The molecule has 1 aromatic heterocycles. The van der Waals surface area contributed by atoms with Gasteiger partial charge in [0.15, 0.2) is 0 Å². The predicted octanol–water partition coefficient (Wildman–Crippen LogP) is 2.86.